The minimum absolute atomic E-state index is 0.450. The molecule has 4 nitrogen and oxygen atoms in total. The van der Waals surface area contributed by atoms with Crippen LogP contribution in [-0.4, -0.2) is 29.3 Å². The van der Waals surface area contributed by atoms with Gasteiger partial charge >= 0.3 is 0 Å². The summed E-state index contributed by atoms with van der Waals surface area (Å²) in [4.78, 5) is 4.37. The predicted octanol–water partition coefficient (Wildman–Crippen LogP) is 2.16. The van der Waals surface area contributed by atoms with Crippen molar-refractivity contribution in [1.29, 1.82) is 0 Å². The Labute approximate surface area is 116 Å². The number of guanidine groups is 1. The van der Waals surface area contributed by atoms with Crippen molar-refractivity contribution >= 4 is 5.96 Å². The lowest BCUT2D eigenvalue weighted by Crippen LogP contribution is -2.43. The molecule has 2 rings (SSSR count). The summed E-state index contributed by atoms with van der Waals surface area (Å²) in [6.45, 7) is 2.70. The molecule has 19 heavy (non-hydrogen) atoms. The Kier molecular flexibility index (Phi) is 5.08. The van der Waals surface area contributed by atoms with Gasteiger partial charge < -0.3 is 16.2 Å². The van der Waals surface area contributed by atoms with Crippen molar-refractivity contribution in [2.24, 2.45) is 16.6 Å². The number of aliphatic hydroxyl groups is 1. The van der Waals surface area contributed by atoms with Crippen LogP contribution in [0.15, 0.2) is 4.99 Å². The molecule has 0 radical (unpaired) electrons. The van der Waals surface area contributed by atoms with Crippen LogP contribution in [0.25, 0.3) is 0 Å². The highest BCUT2D eigenvalue weighted by Gasteiger charge is 2.31. The van der Waals surface area contributed by atoms with E-state index in [4.69, 9.17) is 5.73 Å². The Balaban J connectivity index is 1.77. The first-order valence-corrected chi connectivity index (χ1v) is 7.86. The molecule has 4 N–H and O–H groups in total. The maximum Gasteiger partial charge on any atom is 0.188 e. The average molecular weight is 267 g/mol. The second-order valence-electron chi connectivity index (χ2n) is 6.59. The van der Waals surface area contributed by atoms with Gasteiger partial charge in [0, 0.05) is 6.04 Å². The molecule has 2 fully saturated rings. The quantitative estimate of drug-likeness (QED) is 0.542. The molecule has 0 aromatic heterocycles. The number of hydrogen-bond acceptors (Lipinski definition) is 2. The van der Waals surface area contributed by atoms with Crippen molar-refractivity contribution in [2.75, 3.05) is 6.54 Å². The molecule has 0 heterocycles. The summed E-state index contributed by atoms with van der Waals surface area (Å²) in [5.41, 5.74) is 5.32. The van der Waals surface area contributed by atoms with E-state index in [0.29, 0.717) is 18.5 Å². The van der Waals surface area contributed by atoms with Crippen LogP contribution in [-0.2, 0) is 0 Å². The number of nitrogens with zero attached hydrogens (tertiary/aromatic N) is 1. The van der Waals surface area contributed by atoms with Gasteiger partial charge in [0.15, 0.2) is 5.96 Å². The molecule has 110 valence electrons. The lowest BCUT2D eigenvalue weighted by Gasteiger charge is -2.33. The second kappa shape index (κ2) is 6.60. The molecule has 0 bridgehead atoms. The van der Waals surface area contributed by atoms with Gasteiger partial charge in [-0.05, 0) is 44.4 Å². The van der Waals surface area contributed by atoms with Crippen LogP contribution in [0.3, 0.4) is 0 Å². The van der Waals surface area contributed by atoms with Gasteiger partial charge in [-0.2, -0.15) is 0 Å². The minimum atomic E-state index is -0.620. The van der Waals surface area contributed by atoms with Gasteiger partial charge in [-0.25, -0.2) is 0 Å². The van der Waals surface area contributed by atoms with Crippen LogP contribution >= 0.6 is 0 Å². The Morgan fingerprint density at radius 3 is 2.47 bits per heavy atom. The van der Waals surface area contributed by atoms with Crippen molar-refractivity contribution in [3.8, 4) is 0 Å². The number of nitrogens with two attached hydrogens (primary N) is 1. The number of nitrogens with one attached hydrogen (secondary N) is 1. The second-order valence-corrected chi connectivity index (χ2v) is 6.59. The molecule has 0 saturated heterocycles. The first kappa shape index (κ1) is 14.6. The molecule has 0 aromatic carbocycles. The van der Waals surface area contributed by atoms with E-state index >= 15 is 0 Å². The van der Waals surface area contributed by atoms with Gasteiger partial charge in [-0.1, -0.05) is 26.2 Å². The lowest BCUT2D eigenvalue weighted by atomic mass is 9.80. The molecule has 2 aliphatic rings. The van der Waals surface area contributed by atoms with Gasteiger partial charge in [0.05, 0.1) is 12.1 Å². The van der Waals surface area contributed by atoms with Gasteiger partial charge in [-0.15, -0.1) is 0 Å². The fourth-order valence-electron chi connectivity index (χ4n) is 3.19. The van der Waals surface area contributed by atoms with Gasteiger partial charge in [0.2, 0.25) is 0 Å². The molecule has 4 heteroatoms. The van der Waals surface area contributed by atoms with Crippen molar-refractivity contribution in [3.63, 3.8) is 0 Å². The summed E-state index contributed by atoms with van der Waals surface area (Å²) in [7, 11) is 0. The number of aliphatic imine (C=N–C) groups is 1. The van der Waals surface area contributed by atoms with Crippen molar-refractivity contribution in [2.45, 2.75) is 76.4 Å². The summed E-state index contributed by atoms with van der Waals surface area (Å²) >= 11 is 0. The lowest BCUT2D eigenvalue weighted by molar-refractivity contribution is 0.00166. The summed E-state index contributed by atoms with van der Waals surface area (Å²) in [5, 5.41) is 13.8. The van der Waals surface area contributed by atoms with E-state index < -0.39 is 5.60 Å². The minimum Gasteiger partial charge on any atom is -0.388 e. The van der Waals surface area contributed by atoms with Gasteiger partial charge in [0.25, 0.3) is 0 Å². The maximum atomic E-state index is 10.5. The highest BCUT2D eigenvalue weighted by molar-refractivity contribution is 5.78. The number of rotatable bonds is 3. The Bertz CT molecular complexity index is 303. The van der Waals surface area contributed by atoms with E-state index in [1.807, 2.05) is 0 Å². The van der Waals surface area contributed by atoms with Gasteiger partial charge in [-0.3, -0.25) is 4.99 Å². The van der Waals surface area contributed by atoms with Crippen molar-refractivity contribution in [1.82, 2.24) is 5.32 Å². The Morgan fingerprint density at radius 1 is 1.21 bits per heavy atom. The normalized spacial score (nSPS) is 34.2. The highest BCUT2D eigenvalue weighted by Crippen LogP contribution is 2.31. The topological polar surface area (TPSA) is 70.6 Å². The molecule has 0 unspecified atom stereocenters. The molecule has 2 aliphatic carbocycles. The standard InChI is InChI=1S/C15H29N3O/c1-12-7-9-15(19,10-8-12)11-17-14(16)18-13-5-3-2-4-6-13/h12-13,19H,2-11H2,1H3,(H3,16,17,18). The van der Waals surface area contributed by atoms with Crippen molar-refractivity contribution in [3.05, 3.63) is 0 Å². The zero-order valence-electron chi connectivity index (χ0n) is 12.2. The third-order valence-corrected chi connectivity index (χ3v) is 4.71. The summed E-state index contributed by atoms with van der Waals surface area (Å²) in [5.74, 6) is 1.25. The summed E-state index contributed by atoms with van der Waals surface area (Å²) in [6.07, 6.45) is 10.2. The van der Waals surface area contributed by atoms with Crippen LogP contribution in [0.1, 0.15) is 64.7 Å². The van der Waals surface area contributed by atoms with Crippen LogP contribution in [0.4, 0.5) is 0 Å². The van der Waals surface area contributed by atoms with E-state index in [1.165, 1.54) is 32.1 Å². The molecule has 0 aromatic rings. The average Bonchev–Trinajstić information content (AvgIpc) is 2.42. The van der Waals surface area contributed by atoms with E-state index in [-0.39, 0.29) is 0 Å². The molecule has 0 aliphatic heterocycles. The molecular weight excluding hydrogens is 238 g/mol. The van der Waals surface area contributed by atoms with Crippen LogP contribution in [0.5, 0.6) is 0 Å². The molecule has 0 spiro atoms. The van der Waals surface area contributed by atoms with E-state index in [9.17, 15) is 5.11 Å². The Hall–Kier alpha value is -0.770. The first-order valence-electron chi connectivity index (χ1n) is 7.86. The van der Waals surface area contributed by atoms with Crippen LogP contribution in [0, 0.1) is 5.92 Å². The summed E-state index contributed by atoms with van der Waals surface area (Å²) in [6, 6.07) is 0.485. The van der Waals surface area contributed by atoms with E-state index in [1.54, 1.807) is 0 Å². The van der Waals surface area contributed by atoms with E-state index in [0.717, 1.165) is 31.6 Å². The SMILES string of the molecule is CC1CCC(O)(CN=C(N)NC2CCCCC2)CC1. The van der Waals surface area contributed by atoms with Gasteiger partial charge in [0.1, 0.15) is 0 Å². The zero-order valence-corrected chi connectivity index (χ0v) is 12.2. The monoisotopic (exact) mass is 267 g/mol. The maximum absolute atomic E-state index is 10.5. The van der Waals surface area contributed by atoms with E-state index in [2.05, 4.69) is 17.2 Å². The molecule has 0 amide bonds. The highest BCUT2D eigenvalue weighted by atomic mass is 16.3. The molecule has 0 atom stereocenters. The fraction of sp³-hybridized carbons (Fsp3) is 0.933. The third kappa shape index (κ3) is 4.68. The molecular formula is C15H29N3O. The third-order valence-electron chi connectivity index (χ3n) is 4.71. The summed E-state index contributed by atoms with van der Waals surface area (Å²) < 4.78 is 0. The van der Waals surface area contributed by atoms with Crippen LogP contribution in [0.2, 0.25) is 0 Å². The fourth-order valence-corrected chi connectivity index (χ4v) is 3.19. The van der Waals surface area contributed by atoms with Crippen molar-refractivity contribution < 1.29 is 5.11 Å². The smallest absolute Gasteiger partial charge is 0.188 e. The number of hydrogen-bond donors (Lipinski definition) is 3. The largest absolute Gasteiger partial charge is 0.388 e. The zero-order chi connectivity index (χ0) is 13.7. The Morgan fingerprint density at radius 2 is 1.84 bits per heavy atom. The van der Waals surface area contributed by atoms with Crippen LogP contribution < -0.4 is 11.1 Å². The first-order chi connectivity index (χ1) is 9.07. The predicted molar refractivity (Wildman–Crippen MR) is 79.1 cm³/mol. The molecule has 2 saturated carbocycles.